The molecule has 0 bridgehead atoms. The minimum atomic E-state index is -3.84. The predicted molar refractivity (Wildman–Crippen MR) is 64.1 cm³/mol. The second kappa shape index (κ2) is 5.17. The molecule has 0 aromatic heterocycles. The van der Waals surface area contributed by atoms with Gasteiger partial charge in [0.05, 0.1) is 12.2 Å². The van der Waals surface area contributed by atoms with Crippen molar-refractivity contribution in [3.63, 3.8) is 0 Å². The summed E-state index contributed by atoms with van der Waals surface area (Å²) in [6, 6.07) is 3.65. The van der Waals surface area contributed by atoms with Crippen LogP contribution >= 0.6 is 0 Å². The third kappa shape index (κ3) is 2.57. The van der Waals surface area contributed by atoms with Gasteiger partial charge in [-0.25, -0.2) is 12.8 Å². The Morgan fingerprint density at radius 1 is 1.53 bits per heavy atom. The molecule has 0 amide bonds. The molecular weight excluding hydrogens is 243 g/mol. The minimum absolute atomic E-state index is 0.0746. The first-order valence-corrected chi connectivity index (χ1v) is 6.36. The van der Waals surface area contributed by atoms with Crippen molar-refractivity contribution >= 4 is 15.7 Å². The lowest BCUT2D eigenvalue weighted by Gasteiger charge is -2.18. The molecule has 0 saturated carbocycles. The van der Waals surface area contributed by atoms with E-state index >= 15 is 0 Å². The first-order chi connectivity index (χ1) is 7.95. The topological polar surface area (TPSA) is 63.4 Å². The Morgan fingerprint density at radius 3 is 2.71 bits per heavy atom. The van der Waals surface area contributed by atoms with Gasteiger partial charge in [0, 0.05) is 6.54 Å². The van der Waals surface area contributed by atoms with E-state index in [-0.39, 0.29) is 23.7 Å². The largest absolute Gasteiger partial charge is 0.395 e. The Bertz CT molecular complexity index is 549. The Labute approximate surface area is 100 Å². The number of nitrogens with two attached hydrogens (primary N) is 1. The molecule has 92 valence electrons. The van der Waals surface area contributed by atoms with Crippen LogP contribution in [0.4, 0.5) is 10.1 Å². The lowest BCUT2D eigenvalue weighted by Crippen LogP contribution is -2.31. The van der Waals surface area contributed by atoms with Gasteiger partial charge in [0.1, 0.15) is 10.7 Å². The highest BCUT2D eigenvalue weighted by Crippen LogP contribution is 2.24. The summed E-state index contributed by atoms with van der Waals surface area (Å²) in [5.41, 5.74) is 5.04. The van der Waals surface area contributed by atoms with Crippen molar-refractivity contribution in [3.05, 3.63) is 24.0 Å². The van der Waals surface area contributed by atoms with E-state index in [4.69, 9.17) is 12.2 Å². The van der Waals surface area contributed by atoms with Crippen LogP contribution in [0.2, 0.25) is 0 Å². The molecule has 2 N–H and O–H groups in total. The Balaban J connectivity index is 3.31. The van der Waals surface area contributed by atoms with Crippen LogP contribution in [0.25, 0.3) is 0 Å². The number of benzene rings is 1. The summed E-state index contributed by atoms with van der Waals surface area (Å²) in [4.78, 5) is -0.255. The smallest absolute Gasteiger partial charge is 0.246 e. The van der Waals surface area contributed by atoms with E-state index in [1.807, 2.05) is 0 Å². The van der Waals surface area contributed by atoms with Crippen molar-refractivity contribution in [2.45, 2.75) is 11.8 Å². The Morgan fingerprint density at radius 2 is 2.18 bits per heavy atom. The number of rotatable bonds is 4. The number of sulfonamides is 1. The molecule has 0 fully saturated rings. The Kier molecular flexibility index (Phi) is 4.10. The molecule has 0 unspecified atom stereocenters. The van der Waals surface area contributed by atoms with E-state index in [1.165, 1.54) is 12.1 Å². The third-order valence-corrected chi connectivity index (χ3v) is 4.23. The van der Waals surface area contributed by atoms with E-state index in [2.05, 4.69) is 5.92 Å². The molecule has 1 rings (SSSR count). The van der Waals surface area contributed by atoms with Gasteiger partial charge in [-0.05, 0) is 12.1 Å². The van der Waals surface area contributed by atoms with Crippen LogP contribution < -0.4 is 5.73 Å². The fraction of sp³-hybridized carbons (Fsp3) is 0.273. The van der Waals surface area contributed by atoms with Gasteiger partial charge in [0.2, 0.25) is 10.0 Å². The summed E-state index contributed by atoms with van der Waals surface area (Å²) in [5, 5.41) is 0. The minimum Gasteiger partial charge on any atom is -0.395 e. The number of para-hydroxylation sites is 1. The molecule has 0 aliphatic rings. The van der Waals surface area contributed by atoms with Gasteiger partial charge in [0.25, 0.3) is 0 Å². The molecule has 0 aliphatic carbocycles. The average Bonchev–Trinajstić information content (AvgIpc) is 2.29. The zero-order valence-corrected chi connectivity index (χ0v) is 10.2. The summed E-state index contributed by atoms with van der Waals surface area (Å²) in [6.45, 7) is 1.77. The van der Waals surface area contributed by atoms with E-state index in [9.17, 15) is 12.8 Å². The predicted octanol–water partition coefficient (Wildman–Crippen LogP) is 1.05. The number of nitrogen functional groups attached to an aromatic ring is 1. The maximum absolute atomic E-state index is 13.2. The highest BCUT2D eigenvalue weighted by Gasteiger charge is 2.25. The van der Waals surface area contributed by atoms with E-state index < -0.39 is 15.8 Å². The Hall–Kier alpha value is -1.58. The van der Waals surface area contributed by atoms with Gasteiger partial charge < -0.3 is 5.73 Å². The SMILES string of the molecule is C#CCN(CC)S(=O)(=O)c1cccc(F)c1N. The molecular formula is C11H13FN2O2S. The van der Waals surface area contributed by atoms with Crippen LogP contribution in [0.1, 0.15) is 6.92 Å². The number of terminal acetylenes is 1. The first-order valence-electron chi connectivity index (χ1n) is 4.92. The van der Waals surface area contributed by atoms with Crippen LogP contribution in [0, 0.1) is 18.2 Å². The van der Waals surface area contributed by atoms with Gasteiger partial charge in [-0.3, -0.25) is 0 Å². The van der Waals surface area contributed by atoms with Crippen LogP contribution in [-0.2, 0) is 10.0 Å². The van der Waals surface area contributed by atoms with Crippen molar-refractivity contribution in [2.24, 2.45) is 0 Å². The normalized spacial score (nSPS) is 11.4. The number of hydrogen-bond acceptors (Lipinski definition) is 3. The molecule has 0 spiro atoms. The molecule has 4 nitrogen and oxygen atoms in total. The second-order valence-corrected chi connectivity index (χ2v) is 5.19. The summed E-state index contributed by atoms with van der Waals surface area (Å²) in [7, 11) is -3.84. The van der Waals surface area contributed by atoms with Gasteiger partial charge in [-0.2, -0.15) is 4.31 Å². The lowest BCUT2D eigenvalue weighted by atomic mass is 10.3. The highest BCUT2D eigenvalue weighted by atomic mass is 32.2. The number of nitrogens with zero attached hydrogens (tertiary/aromatic N) is 1. The van der Waals surface area contributed by atoms with Crippen LogP contribution in [0.5, 0.6) is 0 Å². The number of hydrogen-bond donors (Lipinski definition) is 1. The molecule has 1 aromatic carbocycles. The molecule has 0 atom stereocenters. The zero-order valence-electron chi connectivity index (χ0n) is 9.35. The molecule has 0 heterocycles. The van der Waals surface area contributed by atoms with Crippen LogP contribution in [0.3, 0.4) is 0 Å². The first kappa shape index (κ1) is 13.5. The molecule has 0 saturated heterocycles. The lowest BCUT2D eigenvalue weighted by molar-refractivity contribution is 0.464. The molecule has 0 radical (unpaired) electrons. The van der Waals surface area contributed by atoms with E-state index in [1.54, 1.807) is 6.92 Å². The van der Waals surface area contributed by atoms with Crippen molar-refractivity contribution in [1.82, 2.24) is 4.31 Å². The van der Waals surface area contributed by atoms with Crippen molar-refractivity contribution in [3.8, 4) is 12.3 Å². The van der Waals surface area contributed by atoms with Crippen molar-refractivity contribution in [1.29, 1.82) is 0 Å². The highest BCUT2D eigenvalue weighted by molar-refractivity contribution is 7.89. The summed E-state index contributed by atoms with van der Waals surface area (Å²) >= 11 is 0. The summed E-state index contributed by atoms with van der Waals surface area (Å²) in [6.07, 6.45) is 5.09. The summed E-state index contributed by atoms with van der Waals surface area (Å²) < 4.78 is 38.5. The maximum Gasteiger partial charge on any atom is 0.246 e. The van der Waals surface area contributed by atoms with Gasteiger partial charge >= 0.3 is 0 Å². The average molecular weight is 256 g/mol. The quantitative estimate of drug-likeness (QED) is 0.647. The monoisotopic (exact) mass is 256 g/mol. The molecule has 0 aliphatic heterocycles. The standard InChI is InChI=1S/C11H13FN2O2S/c1-3-8-14(4-2)17(15,16)10-7-5-6-9(12)11(10)13/h1,5-7H,4,8,13H2,2H3. The molecule has 1 aromatic rings. The van der Waals surface area contributed by atoms with Crippen molar-refractivity contribution < 1.29 is 12.8 Å². The molecule has 17 heavy (non-hydrogen) atoms. The summed E-state index contributed by atoms with van der Waals surface area (Å²) in [5.74, 6) is 1.48. The van der Waals surface area contributed by atoms with Gasteiger partial charge in [-0.15, -0.1) is 6.42 Å². The van der Waals surface area contributed by atoms with Crippen LogP contribution in [-0.4, -0.2) is 25.8 Å². The second-order valence-electron chi connectivity index (χ2n) is 3.29. The number of anilines is 1. The van der Waals surface area contributed by atoms with E-state index in [0.29, 0.717) is 0 Å². The van der Waals surface area contributed by atoms with Gasteiger partial charge in [-0.1, -0.05) is 18.9 Å². The zero-order chi connectivity index (χ0) is 13.1. The molecule has 6 heteroatoms. The third-order valence-electron chi connectivity index (χ3n) is 2.25. The van der Waals surface area contributed by atoms with Crippen molar-refractivity contribution in [2.75, 3.05) is 18.8 Å². The maximum atomic E-state index is 13.2. The fourth-order valence-corrected chi connectivity index (χ4v) is 2.84. The van der Waals surface area contributed by atoms with E-state index in [0.717, 1.165) is 10.4 Å². The number of halogens is 1. The van der Waals surface area contributed by atoms with Gasteiger partial charge in [0.15, 0.2) is 0 Å². The van der Waals surface area contributed by atoms with Crippen LogP contribution in [0.15, 0.2) is 23.1 Å². The fourth-order valence-electron chi connectivity index (χ4n) is 1.35.